The number of carbonyl (C=O) groups excluding carboxylic acids is 1. The van der Waals surface area contributed by atoms with E-state index < -0.39 is 11.6 Å². The van der Waals surface area contributed by atoms with Gasteiger partial charge in [-0.1, -0.05) is 34.1 Å². The first-order chi connectivity index (χ1) is 9.08. The van der Waals surface area contributed by atoms with E-state index in [0.29, 0.717) is 10.0 Å². The zero-order chi connectivity index (χ0) is 13.8. The van der Waals surface area contributed by atoms with Crippen molar-refractivity contribution in [1.29, 1.82) is 0 Å². The van der Waals surface area contributed by atoms with Crippen molar-refractivity contribution in [3.8, 4) is 0 Å². The van der Waals surface area contributed by atoms with E-state index in [1.165, 1.54) is 12.1 Å². The maximum Gasteiger partial charge on any atom is 0.174 e. The van der Waals surface area contributed by atoms with E-state index in [9.17, 15) is 13.6 Å². The van der Waals surface area contributed by atoms with E-state index in [2.05, 4.69) is 15.9 Å². The molecule has 0 heterocycles. The molecule has 0 unspecified atom stereocenters. The first-order valence-electron chi connectivity index (χ1n) is 5.43. The fourth-order valence-corrected chi connectivity index (χ4v) is 2.81. The molecular formula is C14H9BrF2OS. The number of hydrogen-bond acceptors (Lipinski definition) is 2. The summed E-state index contributed by atoms with van der Waals surface area (Å²) in [4.78, 5) is 12.2. The normalized spacial score (nSPS) is 10.5. The molecule has 0 N–H and O–H groups in total. The Morgan fingerprint density at radius 1 is 1.16 bits per heavy atom. The minimum atomic E-state index is -0.648. The Morgan fingerprint density at radius 2 is 1.89 bits per heavy atom. The van der Waals surface area contributed by atoms with Crippen LogP contribution >= 0.6 is 27.7 Å². The lowest BCUT2D eigenvalue weighted by atomic mass is 10.1. The molecule has 0 bridgehead atoms. The standard InChI is InChI=1S/C14H9BrF2OS/c15-11-4-2-1-3-10(11)13(18)8-19-14-6-5-9(16)7-12(14)17/h1-7H,8H2. The molecule has 5 heteroatoms. The van der Waals surface area contributed by atoms with Gasteiger partial charge in [0.2, 0.25) is 0 Å². The van der Waals surface area contributed by atoms with E-state index in [1.807, 2.05) is 6.07 Å². The minimum Gasteiger partial charge on any atom is -0.293 e. The first kappa shape index (κ1) is 14.2. The fourth-order valence-electron chi connectivity index (χ4n) is 1.50. The lowest BCUT2D eigenvalue weighted by Crippen LogP contribution is -2.03. The third-order valence-electron chi connectivity index (χ3n) is 2.43. The average Bonchev–Trinajstić information content (AvgIpc) is 2.38. The smallest absolute Gasteiger partial charge is 0.174 e. The second-order valence-corrected chi connectivity index (χ2v) is 5.64. The quantitative estimate of drug-likeness (QED) is 0.591. The summed E-state index contributed by atoms with van der Waals surface area (Å²) in [7, 11) is 0. The van der Waals surface area contributed by atoms with Crippen molar-refractivity contribution in [3.63, 3.8) is 0 Å². The van der Waals surface area contributed by atoms with Gasteiger partial charge >= 0.3 is 0 Å². The highest BCUT2D eigenvalue weighted by Crippen LogP contribution is 2.25. The van der Waals surface area contributed by atoms with Gasteiger partial charge < -0.3 is 0 Å². The Bertz CT molecular complexity index is 616. The molecule has 19 heavy (non-hydrogen) atoms. The summed E-state index contributed by atoms with van der Waals surface area (Å²) in [5.41, 5.74) is 0.553. The summed E-state index contributed by atoms with van der Waals surface area (Å²) >= 11 is 4.35. The van der Waals surface area contributed by atoms with Crippen LogP contribution < -0.4 is 0 Å². The SMILES string of the molecule is O=C(CSc1ccc(F)cc1F)c1ccccc1Br. The van der Waals surface area contributed by atoms with Gasteiger partial charge in [-0.05, 0) is 18.2 Å². The molecule has 0 atom stereocenters. The Labute approximate surface area is 122 Å². The van der Waals surface area contributed by atoms with Crippen molar-refractivity contribution < 1.29 is 13.6 Å². The number of halogens is 3. The van der Waals surface area contributed by atoms with Crippen LogP contribution in [0.2, 0.25) is 0 Å². The molecule has 2 rings (SSSR count). The zero-order valence-corrected chi connectivity index (χ0v) is 12.1. The molecule has 2 aromatic carbocycles. The summed E-state index contributed by atoms with van der Waals surface area (Å²) in [5.74, 6) is -1.28. The van der Waals surface area contributed by atoms with Gasteiger partial charge in [0, 0.05) is 21.0 Å². The number of rotatable bonds is 4. The first-order valence-corrected chi connectivity index (χ1v) is 7.21. The molecule has 0 aliphatic carbocycles. The third-order valence-corrected chi connectivity index (χ3v) is 4.17. The Kier molecular flexibility index (Phi) is 4.71. The summed E-state index contributed by atoms with van der Waals surface area (Å²) in [6.07, 6.45) is 0. The maximum absolute atomic E-state index is 13.4. The molecule has 0 radical (unpaired) electrons. The van der Waals surface area contributed by atoms with Gasteiger partial charge in [-0.3, -0.25) is 4.79 Å². The topological polar surface area (TPSA) is 17.1 Å². The van der Waals surface area contributed by atoms with Gasteiger partial charge in [0.25, 0.3) is 0 Å². The molecule has 0 aliphatic rings. The van der Waals surface area contributed by atoms with E-state index >= 15 is 0 Å². The number of benzene rings is 2. The van der Waals surface area contributed by atoms with Crippen LogP contribution in [0.1, 0.15) is 10.4 Å². The van der Waals surface area contributed by atoms with Crippen molar-refractivity contribution >= 4 is 33.5 Å². The van der Waals surface area contributed by atoms with Gasteiger partial charge in [-0.25, -0.2) is 8.78 Å². The van der Waals surface area contributed by atoms with Gasteiger partial charge in [0.05, 0.1) is 5.75 Å². The van der Waals surface area contributed by atoms with Crippen LogP contribution in [0.15, 0.2) is 51.8 Å². The molecule has 0 spiro atoms. The van der Waals surface area contributed by atoms with Crippen LogP contribution in [0, 0.1) is 11.6 Å². The lowest BCUT2D eigenvalue weighted by molar-refractivity contribution is 0.102. The number of ketones is 1. The number of carbonyl (C=O) groups is 1. The second kappa shape index (κ2) is 6.30. The highest BCUT2D eigenvalue weighted by atomic mass is 79.9. The molecule has 0 saturated heterocycles. The Morgan fingerprint density at radius 3 is 2.58 bits per heavy atom. The molecule has 0 aromatic heterocycles. The molecule has 0 aliphatic heterocycles. The van der Waals surface area contributed by atoms with Crippen molar-refractivity contribution in [1.82, 2.24) is 0 Å². The summed E-state index contributed by atoms with van der Waals surface area (Å²) in [6, 6.07) is 10.4. The van der Waals surface area contributed by atoms with Crippen molar-refractivity contribution in [2.75, 3.05) is 5.75 Å². The molecule has 0 amide bonds. The predicted octanol–water partition coefficient (Wildman–Crippen LogP) is 4.70. The summed E-state index contributed by atoms with van der Waals surface area (Å²) in [5, 5.41) is 0. The van der Waals surface area contributed by atoms with Crippen LogP contribution in [-0.4, -0.2) is 11.5 Å². The highest BCUT2D eigenvalue weighted by Gasteiger charge is 2.11. The molecule has 98 valence electrons. The van der Waals surface area contributed by atoms with E-state index in [1.54, 1.807) is 18.2 Å². The van der Waals surface area contributed by atoms with Gasteiger partial charge in [-0.2, -0.15) is 0 Å². The molecular weight excluding hydrogens is 334 g/mol. The monoisotopic (exact) mass is 342 g/mol. The van der Waals surface area contributed by atoms with Crippen LogP contribution in [0.4, 0.5) is 8.78 Å². The third kappa shape index (κ3) is 3.64. The van der Waals surface area contributed by atoms with Crippen LogP contribution in [0.5, 0.6) is 0 Å². The van der Waals surface area contributed by atoms with Gasteiger partial charge in [-0.15, -0.1) is 11.8 Å². The van der Waals surface area contributed by atoms with Crippen molar-refractivity contribution in [3.05, 3.63) is 64.1 Å². The predicted molar refractivity (Wildman–Crippen MR) is 75.6 cm³/mol. The largest absolute Gasteiger partial charge is 0.293 e. The van der Waals surface area contributed by atoms with E-state index in [-0.39, 0.29) is 16.4 Å². The summed E-state index contributed by atoms with van der Waals surface area (Å²) in [6.45, 7) is 0. The van der Waals surface area contributed by atoms with Crippen molar-refractivity contribution in [2.45, 2.75) is 4.90 Å². The molecule has 0 saturated carbocycles. The Hall–Kier alpha value is -1.20. The van der Waals surface area contributed by atoms with Crippen molar-refractivity contribution in [2.24, 2.45) is 0 Å². The fraction of sp³-hybridized carbons (Fsp3) is 0.0714. The zero-order valence-electron chi connectivity index (χ0n) is 9.70. The lowest BCUT2D eigenvalue weighted by Gasteiger charge is -2.04. The molecule has 1 nitrogen and oxygen atoms in total. The summed E-state index contributed by atoms with van der Waals surface area (Å²) < 4.78 is 26.9. The minimum absolute atomic E-state index is 0.102. The van der Waals surface area contributed by atoms with Crippen LogP contribution in [0.3, 0.4) is 0 Å². The van der Waals surface area contributed by atoms with E-state index in [0.717, 1.165) is 17.8 Å². The van der Waals surface area contributed by atoms with Crippen LogP contribution in [0.25, 0.3) is 0 Å². The Balaban J connectivity index is 2.07. The average molecular weight is 343 g/mol. The van der Waals surface area contributed by atoms with E-state index in [4.69, 9.17) is 0 Å². The van der Waals surface area contributed by atoms with Gasteiger partial charge in [0.15, 0.2) is 5.78 Å². The number of thioether (sulfide) groups is 1. The molecule has 0 fully saturated rings. The highest BCUT2D eigenvalue weighted by molar-refractivity contribution is 9.10. The molecule has 2 aromatic rings. The van der Waals surface area contributed by atoms with Gasteiger partial charge in [0.1, 0.15) is 11.6 Å². The number of hydrogen-bond donors (Lipinski definition) is 0. The maximum atomic E-state index is 13.4. The number of Topliss-reactive ketones (excluding diaryl/α,β-unsaturated/α-hetero) is 1. The second-order valence-electron chi connectivity index (χ2n) is 3.77. The van der Waals surface area contributed by atoms with Crippen LogP contribution in [-0.2, 0) is 0 Å².